The number of carbonyl (C=O) groups excluding carboxylic acids is 1. The molecule has 3 heterocycles. The molecule has 1 aliphatic rings. The SMILES string of the molecule is O=C(c1csc(I)c1)N1CCCC(c2ccn[nH]2)C1. The van der Waals surface area contributed by atoms with Crippen molar-refractivity contribution in [1.29, 1.82) is 0 Å². The number of hydrogen-bond acceptors (Lipinski definition) is 3. The van der Waals surface area contributed by atoms with E-state index < -0.39 is 0 Å². The fraction of sp³-hybridized carbons (Fsp3) is 0.385. The molecule has 4 nitrogen and oxygen atoms in total. The van der Waals surface area contributed by atoms with E-state index in [9.17, 15) is 4.79 Å². The van der Waals surface area contributed by atoms with Gasteiger partial charge in [-0.1, -0.05) is 0 Å². The van der Waals surface area contributed by atoms with Gasteiger partial charge in [-0.05, 0) is 47.6 Å². The first-order chi connectivity index (χ1) is 9.24. The van der Waals surface area contributed by atoms with Crippen LogP contribution in [0, 0.1) is 2.88 Å². The number of rotatable bonds is 2. The first-order valence-electron chi connectivity index (χ1n) is 6.26. The zero-order chi connectivity index (χ0) is 13.2. The standard InChI is InChI=1S/C13H14IN3OS/c14-12-6-10(8-19-12)13(18)17-5-1-2-9(7-17)11-3-4-15-16-11/h3-4,6,8-9H,1-2,5,7H2,(H,15,16). The summed E-state index contributed by atoms with van der Waals surface area (Å²) in [6, 6.07) is 3.97. The van der Waals surface area contributed by atoms with Crippen LogP contribution in [0.15, 0.2) is 23.7 Å². The van der Waals surface area contributed by atoms with Crippen molar-refractivity contribution in [2.75, 3.05) is 13.1 Å². The Bertz CT molecular complexity index is 566. The van der Waals surface area contributed by atoms with Gasteiger partial charge in [0.2, 0.25) is 0 Å². The number of nitrogens with one attached hydrogen (secondary N) is 1. The number of piperidine rings is 1. The molecule has 1 atom stereocenters. The predicted molar refractivity (Wildman–Crippen MR) is 83.5 cm³/mol. The van der Waals surface area contributed by atoms with Crippen molar-refractivity contribution < 1.29 is 4.79 Å². The average molecular weight is 387 g/mol. The second-order valence-electron chi connectivity index (χ2n) is 4.74. The molecule has 0 aromatic carbocycles. The van der Waals surface area contributed by atoms with Gasteiger partial charge in [0, 0.05) is 36.3 Å². The Labute approximate surface area is 129 Å². The molecule has 0 spiro atoms. The highest BCUT2D eigenvalue weighted by atomic mass is 127. The Morgan fingerprint density at radius 1 is 1.58 bits per heavy atom. The van der Waals surface area contributed by atoms with Crippen molar-refractivity contribution in [3.63, 3.8) is 0 Å². The van der Waals surface area contributed by atoms with Crippen molar-refractivity contribution in [2.24, 2.45) is 0 Å². The summed E-state index contributed by atoms with van der Waals surface area (Å²) in [5.74, 6) is 0.543. The van der Waals surface area contributed by atoms with Crippen molar-refractivity contribution in [1.82, 2.24) is 15.1 Å². The molecule has 1 saturated heterocycles. The lowest BCUT2D eigenvalue weighted by Gasteiger charge is -2.32. The van der Waals surface area contributed by atoms with Crippen molar-refractivity contribution in [3.05, 3.63) is 37.9 Å². The van der Waals surface area contributed by atoms with Crippen LogP contribution in [0.2, 0.25) is 0 Å². The minimum Gasteiger partial charge on any atom is -0.338 e. The summed E-state index contributed by atoms with van der Waals surface area (Å²) < 4.78 is 1.16. The molecule has 0 bridgehead atoms. The first kappa shape index (κ1) is 13.1. The van der Waals surface area contributed by atoms with Crippen molar-refractivity contribution in [3.8, 4) is 0 Å². The molecule has 1 fully saturated rings. The Kier molecular flexibility index (Phi) is 3.88. The lowest BCUT2D eigenvalue weighted by molar-refractivity contribution is 0.0706. The average Bonchev–Trinajstić information content (AvgIpc) is 3.09. The van der Waals surface area contributed by atoms with Crippen LogP contribution in [0.3, 0.4) is 0 Å². The van der Waals surface area contributed by atoms with Gasteiger partial charge in [0.05, 0.1) is 8.45 Å². The lowest BCUT2D eigenvalue weighted by atomic mass is 9.94. The summed E-state index contributed by atoms with van der Waals surface area (Å²) in [5.41, 5.74) is 1.96. The molecule has 2 aromatic rings. The maximum absolute atomic E-state index is 12.4. The fourth-order valence-electron chi connectivity index (χ4n) is 2.51. The molecule has 1 amide bonds. The van der Waals surface area contributed by atoms with Crippen molar-refractivity contribution >= 4 is 39.8 Å². The maximum atomic E-state index is 12.4. The molecular weight excluding hydrogens is 373 g/mol. The van der Waals surface area contributed by atoms with E-state index in [0.717, 1.165) is 40.1 Å². The Morgan fingerprint density at radius 3 is 3.16 bits per heavy atom. The number of halogens is 1. The number of amides is 1. The number of hydrogen-bond donors (Lipinski definition) is 1. The van der Waals surface area contributed by atoms with Gasteiger partial charge in [0.1, 0.15) is 0 Å². The minimum atomic E-state index is 0.156. The van der Waals surface area contributed by atoms with E-state index in [0.29, 0.717) is 5.92 Å². The molecule has 1 N–H and O–H groups in total. The van der Waals surface area contributed by atoms with E-state index >= 15 is 0 Å². The summed E-state index contributed by atoms with van der Waals surface area (Å²) in [5, 5.41) is 8.97. The molecule has 2 aromatic heterocycles. The van der Waals surface area contributed by atoms with Gasteiger partial charge in [-0.25, -0.2) is 0 Å². The Balaban J connectivity index is 1.73. The van der Waals surface area contributed by atoms with E-state index in [1.165, 1.54) is 0 Å². The Hall–Kier alpha value is -0.890. The van der Waals surface area contributed by atoms with Crippen LogP contribution >= 0.6 is 33.9 Å². The number of H-pyrrole nitrogens is 1. The minimum absolute atomic E-state index is 0.156. The third kappa shape index (κ3) is 2.84. The number of carbonyl (C=O) groups is 1. The number of aromatic nitrogens is 2. The molecule has 0 aliphatic carbocycles. The van der Waals surface area contributed by atoms with Gasteiger partial charge in [0.15, 0.2) is 0 Å². The number of thiophene rings is 1. The van der Waals surface area contributed by atoms with Gasteiger partial charge in [0.25, 0.3) is 5.91 Å². The number of likely N-dealkylation sites (tertiary alicyclic amines) is 1. The Morgan fingerprint density at radius 2 is 2.47 bits per heavy atom. The summed E-state index contributed by atoms with van der Waals surface area (Å²) in [4.78, 5) is 14.4. The first-order valence-corrected chi connectivity index (χ1v) is 8.22. The molecule has 0 radical (unpaired) electrons. The molecule has 6 heteroatoms. The van der Waals surface area contributed by atoms with Crippen LogP contribution < -0.4 is 0 Å². The van der Waals surface area contributed by atoms with E-state index in [2.05, 4.69) is 32.8 Å². The summed E-state index contributed by atoms with van der Waals surface area (Å²) in [6.07, 6.45) is 3.95. The molecule has 0 saturated carbocycles. The van der Waals surface area contributed by atoms with Gasteiger partial charge in [-0.3, -0.25) is 9.89 Å². The van der Waals surface area contributed by atoms with E-state index in [4.69, 9.17) is 0 Å². The van der Waals surface area contributed by atoms with Gasteiger partial charge >= 0.3 is 0 Å². The summed E-state index contributed by atoms with van der Waals surface area (Å²) in [6.45, 7) is 1.64. The lowest BCUT2D eigenvalue weighted by Crippen LogP contribution is -2.39. The van der Waals surface area contributed by atoms with Gasteiger partial charge in [-0.2, -0.15) is 5.10 Å². The predicted octanol–water partition coefficient (Wildman–Crippen LogP) is 3.10. The largest absolute Gasteiger partial charge is 0.338 e. The van der Waals surface area contributed by atoms with Crippen LogP contribution in [0.5, 0.6) is 0 Å². The molecular formula is C13H14IN3OS. The van der Waals surface area contributed by atoms with E-state index in [1.807, 2.05) is 22.4 Å². The smallest absolute Gasteiger partial charge is 0.254 e. The van der Waals surface area contributed by atoms with Crippen LogP contribution in [0.25, 0.3) is 0 Å². The van der Waals surface area contributed by atoms with Crippen LogP contribution in [0.4, 0.5) is 0 Å². The number of nitrogens with zero attached hydrogens (tertiary/aromatic N) is 2. The molecule has 100 valence electrons. The van der Waals surface area contributed by atoms with Crippen molar-refractivity contribution in [2.45, 2.75) is 18.8 Å². The normalized spacial score (nSPS) is 19.6. The topological polar surface area (TPSA) is 49.0 Å². The van der Waals surface area contributed by atoms with Gasteiger partial charge in [-0.15, -0.1) is 11.3 Å². The molecule has 1 aliphatic heterocycles. The third-order valence-corrected chi connectivity index (χ3v) is 5.27. The van der Waals surface area contributed by atoms with E-state index in [-0.39, 0.29) is 5.91 Å². The molecule has 1 unspecified atom stereocenters. The quantitative estimate of drug-likeness (QED) is 0.806. The van der Waals surface area contributed by atoms with Gasteiger partial charge < -0.3 is 4.90 Å². The summed E-state index contributed by atoms with van der Waals surface area (Å²) >= 11 is 3.87. The molecule has 3 rings (SSSR count). The van der Waals surface area contributed by atoms with Crippen LogP contribution in [0.1, 0.15) is 34.8 Å². The van der Waals surface area contributed by atoms with E-state index in [1.54, 1.807) is 17.5 Å². The van der Waals surface area contributed by atoms with Crippen LogP contribution in [-0.4, -0.2) is 34.1 Å². The third-order valence-electron chi connectivity index (χ3n) is 3.49. The maximum Gasteiger partial charge on any atom is 0.254 e. The zero-order valence-electron chi connectivity index (χ0n) is 10.3. The van der Waals surface area contributed by atoms with Crippen LogP contribution in [-0.2, 0) is 0 Å². The summed E-state index contributed by atoms with van der Waals surface area (Å²) in [7, 11) is 0. The zero-order valence-corrected chi connectivity index (χ0v) is 13.3. The highest BCUT2D eigenvalue weighted by Crippen LogP contribution is 2.27. The monoisotopic (exact) mass is 387 g/mol. The molecule has 19 heavy (non-hydrogen) atoms. The highest BCUT2D eigenvalue weighted by Gasteiger charge is 2.26. The fourth-order valence-corrected chi connectivity index (χ4v) is 3.83. The second-order valence-corrected chi connectivity index (χ2v) is 7.55. The number of aromatic amines is 1. The second kappa shape index (κ2) is 5.62. The highest BCUT2D eigenvalue weighted by molar-refractivity contribution is 14.1.